The number of phenolic OH excluding ortho intramolecular Hbond substituents is 1. The molecule has 0 bridgehead atoms. The molecule has 2 atom stereocenters. The molecule has 29 heavy (non-hydrogen) atoms. The molecule has 0 radical (unpaired) electrons. The van der Waals surface area contributed by atoms with Gasteiger partial charge in [0, 0.05) is 17.4 Å². The number of ether oxygens (including phenoxy) is 1. The summed E-state index contributed by atoms with van der Waals surface area (Å²) in [5, 5.41) is 17.7. The fraction of sp³-hybridized carbons (Fsp3) is 0.565. The summed E-state index contributed by atoms with van der Waals surface area (Å²) >= 11 is 0. The Morgan fingerprint density at radius 2 is 2.14 bits per heavy atom. The largest absolute Gasteiger partial charge is 0.507 e. The lowest BCUT2D eigenvalue weighted by Crippen LogP contribution is -2.45. The minimum atomic E-state index is -0.625. The second-order valence-electron chi connectivity index (χ2n) is 8.94. The van der Waals surface area contributed by atoms with Crippen molar-refractivity contribution in [3.05, 3.63) is 39.4 Å². The molecule has 0 saturated carbocycles. The Hall–Kier alpha value is -2.50. The number of unbranched alkanes of at least 4 members (excludes halogenated alkanes) is 2. The highest BCUT2D eigenvalue weighted by Crippen LogP contribution is 2.55. The van der Waals surface area contributed by atoms with Crippen molar-refractivity contribution < 1.29 is 14.3 Å². The molecule has 2 aliphatic rings. The zero-order valence-corrected chi connectivity index (χ0v) is 17.7. The molecule has 2 N–H and O–H groups in total. The standard InChI is InChI=1S/C23H30N2O4/c1-5-6-7-8-14-12-17-19(20(26)18(14)21-24-25-22(27)28-21)15-11-13(2)9-10-16(15)23(3,4)29-17/h11-12,15-16,26H,5-10H2,1-4H3,(H,25,27). The zero-order chi connectivity index (χ0) is 20.8. The maximum Gasteiger partial charge on any atom is 0.434 e. The van der Waals surface area contributed by atoms with Crippen LogP contribution in [0, 0.1) is 5.92 Å². The van der Waals surface area contributed by atoms with Gasteiger partial charge in [0.2, 0.25) is 0 Å². The molecule has 0 amide bonds. The number of aromatic amines is 1. The fourth-order valence-corrected chi connectivity index (χ4v) is 4.95. The monoisotopic (exact) mass is 398 g/mol. The molecule has 1 aromatic heterocycles. The highest BCUT2D eigenvalue weighted by molar-refractivity contribution is 5.73. The highest BCUT2D eigenvalue weighted by atomic mass is 16.5. The molecule has 0 fully saturated rings. The van der Waals surface area contributed by atoms with E-state index in [0.717, 1.165) is 55.4 Å². The van der Waals surface area contributed by atoms with Crippen LogP contribution in [0.3, 0.4) is 0 Å². The number of rotatable bonds is 5. The number of aromatic nitrogens is 2. The van der Waals surface area contributed by atoms with Gasteiger partial charge in [0.15, 0.2) is 0 Å². The van der Waals surface area contributed by atoms with Crippen LogP contribution in [0.5, 0.6) is 11.5 Å². The molecule has 4 rings (SSSR count). The smallest absolute Gasteiger partial charge is 0.434 e. The Balaban J connectivity index is 1.91. The minimum Gasteiger partial charge on any atom is -0.507 e. The van der Waals surface area contributed by atoms with Crippen molar-refractivity contribution in [2.75, 3.05) is 0 Å². The van der Waals surface area contributed by atoms with Crippen molar-refractivity contribution in [3.8, 4) is 23.0 Å². The summed E-state index contributed by atoms with van der Waals surface area (Å²) in [6.45, 7) is 8.57. The zero-order valence-electron chi connectivity index (χ0n) is 17.7. The number of benzene rings is 1. The Bertz CT molecular complexity index is 999. The Morgan fingerprint density at radius 1 is 1.34 bits per heavy atom. The summed E-state index contributed by atoms with van der Waals surface area (Å²) in [6, 6.07) is 2.02. The van der Waals surface area contributed by atoms with Gasteiger partial charge < -0.3 is 14.3 Å². The first-order valence-corrected chi connectivity index (χ1v) is 10.6. The molecule has 6 nitrogen and oxygen atoms in total. The lowest BCUT2D eigenvalue weighted by molar-refractivity contribution is 0.0107. The Kier molecular flexibility index (Phi) is 5.05. The van der Waals surface area contributed by atoms with Crippen molar-refractivity contribution in [3.63, 3.8) is 0 Å². The Morgan fingerprint density at radius 3 is 2.83 bits per heavy atom. The SMILES string of the molecule is CCCCCc1cc2c(c(O)c1-c1n[nH]c(=O)o1)C1C=C(C)CCC1C(C)(C)O2. The molecule has 2 heterocycles. The molecule has 1 aromatic carbocycles. The molecule has 2 unspecified atom stereocenters. The van der Waals surface area contributed by atoms with Gasteiger partial charge in [0.1, 0.15) is 17.1 Å². The first-order chi connectivity index (χ1) is 13.8. The van der Waals surface area contributed by atoms with Crippen molar-refractivity contribution in [2.24, 2.45) is 5.92 Å². The molecule has 0 spiro atoms. The third kappa shape index (κ3) is 3.49. The van der Waals surface area contributed by atoms with Crippen LogP contribution < -0.4 is 10.5 Å². The number of allylic oxidation sites excluding steroid dienone is 2. The summed E-state index contributed by atoms with van der Waals surface area (Å²) in [5.74, 6) is 0.708. The summed E-state index contributed by atoms with van der Waals surface area (Å²) in [7, 11) is 0. The van der Waals surface area contributed by atoms with Crippen LogP contribution in [-0.4, -0.2) is 20.9 Å². The predicted molar refractivity (Wildman–Crippen MR) is 111 cm³/mol. The number of aryl methyl sites for hydroxylation is 1. The average molecular weight is 399 g/mol. The van der Waals surface area contributed by atoms with E-state index < -0.39 is 5.76 Å². The van der Waals surface area contributed by atoms with E-state index in [4.69, 9.17) is 9.15 Å². The molecular weight excluding hydrogens is 368 g/mol. The molecule has 1 aliphatic carbocycles. The lowest BCUT2D eigenvalue weighted by Gasteiger charge is -2.46. The van der Waals surface area contributed by atoms with Gasteiger partial charge in [-0.1, -0.05) is 31.4 Å². The fourth-order valence-electron chi connectivity index (χ4n) is 4.95. The maximum atomic E-state index is 11.6. The maximum absolute atomic E-state index is 11.6. The number of hydrogen-bond acceptors (Lipinski definition) is 5. The van der Waals surface area contributed by atoms with Gasteiger partial charge in [-0.25, -0.2) is 9.89 Å². The topological polar surface area (TPSA) is 88.4 Å². The first-order valence-electron chi connectivity index (χ1n) is 10.6. The molecular formula is C23H30N2O4. The summed E-state index contributed by atoms with van der Waals surface area (Å²) in [4.78, 5) is 11.6. The molecule has 2 aromatic rings. The number of nitrogens with zero attached hydrogens (tertiary/aromatic N) is 1. The van der Waals surface area contributed by atoms with E-state index in [1.165, 1.54) is 5.57 Å². The van der Waals surface area contributed by atoms with E-state index in [-0.39, 0.29) is 29.1 Å². The predicted octanol–water partition coefficient (Wildman–Crippen LogP) is 5.08. The van der Waals surface area contributed by atoms with E-state index in [1.54, 1.807) is 0 Å². The van der Waals surface area contributed by atoms with Crippen LogP contribution in [0.15, 0.2) is 26.9 Å². The second-order valence-corrected chi connectivity index (χ2v) is 8.94. The number of fused-ring (bicyclic) bond motifs is 3. The van der Waals surface area contributed by atoms with E-state index in [1.807, 2.05) is 6.07 Å². The summed E-state index contributed by atoms with van der Waals surface area (Å²) < 4.78 is 11.7. The van der Waals surface area contributed by atoms with Gasteiger partial charge in [-0.3, -0.25) is 0 Å². The van der Waals surface area contributed by atoms with Crippen molar-refractivity contribution in [2.45, 2.75) is 77.7 Å². The van der Waals surface area contributed by atoms with Gasteiger partial charge in [-0.2, -0.15) is 0 Å². The highest BCUT2D eigenvalue weighted by Gasteiger charge is 2.46. The van der Waals surface area contributed by atoms with Gasteiger partial charge >= 0.3 is 5.76 Å². The molecule has 0 saturated heterocycles. The van der Waals surface area contributed by atoms with Crippen molar-refractivity contribution >= 4 is 0 Å². The van der Waals surface area contributed by atoms with E-state index >= 15 is 0 Å². The first kappa shape index (κ1) is 19.8. The molecule has 1 aliphatic heterocycles. The van der Waals surface area contributed by atoms with Crippen LogP contribution >= 0.6 is 0 Å². The van der Waals surface area contributed by atoms with Gasteiger partial charge in [0.05, 0.1) is 5.56 Å². The Labute approximate surface area is 171 Å². The van der Waals surface area contributed by atoms with Crippen LogP contribution in [-0.2, 0) is 6.42 Å². The van der Waals surface area contributed by atoms with Gasteiger partial charge in [-0.15, -0.1) is 5.10 Å². The van der Waals surface area contributed by atoms with E-state index in [9.17, 15) is 9.90 Å². The van der Waals surface area contributed by atoms with Gasteiger partial charge in [-0.05, 0) is 58.1 Å². The van der Waals surface area contributed by atoms with Crippen LogP contribution in [0.1, 0.15) is 76.8 Å². The third-order valence-electron chi connectivity index (χ3n) is 6.43. The minimum absolute atomic E-state index is 0.0663. The number of aromatic hydroxyl groups is 1. The van der Waals surface area contributed by atoms with Gasteiger partial charge in [0.25, 0.3) is 5.89 Å². The van der Waals surface area contributed by atoms with Crippen LogP contribution in [0.4, 0.5) is 0 Å². The molecule has 6 heteroatoms. The molecule has 156 valence electrons. The normalized spacial score (nSPS) is 22.4. The van der Waals surface area contributed by atoms with Crippen LogP contribution in [0.2, 0.25) is 0 Å². The van der Waals surface area contributed by atoms with Crippen LogP contribution in [0.25, 0.3) is 11.5 Å². The summed E-state index contributed by atoms with van der Waals surface area (Å²) in [5.41, 5.74) is 3.21. The number of phenols is 1. The van der Waals surface area contributed by atoms with E-state index in [0.29, 0.717) is 5.56 Å². The van der Waals surface area contributed by atoms with Crippen molar-refractivity contribution in [1.29, 1.82) is 0 Å². The second kappa shape index (κ2) is 7.39. The average Bonchev–Trinajstić information content (AvgIpc) is 3.06. The third-order valence-corrected chi connectivity index (χ3v) is 6.43. The number of nitrogens with one attached hydrogen (secondary N) is 1. The number of H-pyrrole nitrogens is 1. The quantitative estimate of drug-likeness (QED) is 0.542. The number of hydrogen-bond donors (Lipinski definition) is 2. The lowest BCUT2D eigenvalue weighted by atomic mass is 9.67. The summed E-state index contributed by atoms with van der Waals surface area (Å²) in [6.07, 6.45) is 8.24. The van der Waals surface area contributed by atoms with E-state index in [2.05, 4.69) is 44.0 Å². The van der Waals surface area contributed by atoms with Crippen molar-refractivity contribution in [1.82, 2.24) is 10.2 Å².